The number of hydrogen-bond donors (Lipinski definition) is 1. The lowest BCUT2D eigenvalue weighted by Crippen LogP contribution is -2.65. The number of benzene rings is 2. The molecule has 2 heterocycles. The van der Waals surface area contributed by atoms with Crippen LogP contribution in [0.25, 0.3) is 11.3 Å². The summed E-state index contributed by atoms with van der Waals surface area (Å²) < 4.78 is 7.25. The first kappa shape index (κ1) is 24.1. The molecule has 1 N–H and O–H groups in total. The van der Waals surface area contributed by atoms with E-state index in [0.29, 0.717) is 18.0 Å². The number of nitrogens with one attached hydrogen (secondary N) is 1. The van der Waals surface area contributed by atoms with Gasteiger partial charge < -0.3 is 10.1 Å². The fourth-order valence-electron chi connectivity index (χ4n) is 5.39. The zero-order valence-corrected chi connectivity index (χ0v) is 21.3. The quantitative estimate of drug-likeness (QED) is 0.524. The zero-order chi connectivity index (χ0) is 25.3. The second kappa shape index (κ2) is 9.80. The van der Waals surface area contributed by atoms with Crippen LogP contribution in [0, 0.1) is 6.92 Å². The third kappa shape index (κ3) is 4.38. The highest BCUT2D eigenvalue weighted by Gasteiger charge is 2.49. The fraction of sp³-hybridized carbons (Fsp3) is 0.414. The normalized spacial score (nSPS) is 20.2. The summed E-state index contributed by atoms with van der Waals surface area (Å²) in [6.07, 6.45) is 5.42. The molecule has 2 aromatic carbocycles. The van der Waals surface area contributed by atoms with E-state index in [2.05, 4.69) is 5.32 Å². The van der Waals surface area contributed by atoms with Crippen molar-refractivity contribution in [3.63, 3.8) is 0 Å². The molecule has 2 aliphatic rings. The summed E-state index contributed by atoms with van der Waals surface area (Å²) in [6, 6.07) is 17.4. The van der Waals surface area contributed by atoms with Gasteiger partial charge >= 0.3 is 0 Å². The van der Waals surface area contributed by atoms with E-state index in [-0.39, 0.29) is 24.4 Å². The summed E-state index contributed by atoms with van der Waals surface area (Å²) in [5.41, 5.74) is 2.65. The van der Waals surface area contributed by atoms with Gasteiger partial charge in [-0.2, -0.15) is 5.10 Å². The summed E-state index contributed by atoms with van der Waals surface area (Å²) in [6.45, 7) is 6.65. The topological polar surface area (TPSA) is 76.5 Å². The summed E-state index contributed by atoms with van der Waals surface area (Å²) in [5.74, 6) is 0.440. The average Bonchev–Trinajstić information content (AvgIpc) is 3.30. The smallest absolute Gasteiger partial charge is 0.277 e. The Morgan fingerprint density at radius 2 is 1.83 bits per heavy atom. The predicted molar refractivity (Wildman–Crippen MR) is 140 cm³/mol. The van der Waals surface area contributed by atoms with Crippen molar-refractivity contribution in [2.75, 3.05) is 11.5 Å². The number of amides is 2. The molecule has 0 saturated heterocycles. The van der Waals surface area contributed by atoms with Gasteiger partial charge in [0.25, 0.3) is 5.91 Å². The van der Waals surface area contributed by atoms with Crippen molar-refractivity contribution in [3.8, 4) is 17.0 Å². The van der Waals surface area contributed by atoms with E-state index in [0.717, 1.165) is 48.2 Å². The van der Waals surface area contributed by atoms with Crippen molar-refractivity contribution < 1.29 is 14.3 Å². The van der Waals surface area contributed by atoms with E-state index in [4.69, 9.17) is 9.84 Å². The van der Waals surface area contributed by atoms with Crippen LogP contribution >= 0.6 is 0 Å². The average molecular weight is 487 g/mol. The number of ether oxygens (including phenoxy) is 1. The van der Waals surface area contributed by atoms with E-state index in [1.54, 1.807) is 9.58 Å². The molecular weight excluding hydrogens is 452 g/mol. The molecule has 7 heteroatoms. The van der Waals surface area contributed by atoms with Crippen LogP contribution in [0.2, 0.25) is 0 Å². The molecule has 0 radical (unpaired) electrons. The standard InChI is InChI=1S/C29H34N4O3/c1-4-36-23-16-14-21(15-17-23)24-18-26-27(34)33(25-13-9-8-10-20(25)2)29(3,19-32(26)31-24)28(35)30-22-11-6-5-7-12-22/h8-10,13-18,22H,4-7,11-12,19H2,1-3H3,(H,30,35)/t29-/m0/s1. The highest BCUT2D eigenvalue weighted by molar-refractivity contribution is 6.12. The van der Waals surface area contributed by atoms with E-state index in [1.165, 1.54) is 6.42 Å². The van der Waals surface area contributed by atoms with Gasteiger partial charge in [-0.05, 0) is 75.6 Å². The maximum Gasteiger partial charge on any atom is 0.277 e. The molecule has 5 rings (SSSR count). The molecule has 0 bridgehead atoms. The lowest BCUT2D eigenvalue weighted by Gasteiger charge is -2.44. The summed E-state index contributed by atoms with van der Waals surface area (Å²) in [5, 5.41) is 8.04. The van der Waals surface area contributed by atoms with Crippen LogP contribution in [0.5, 0.6) is 5.75 Å². The van der Waals surface area contributed by atoms with Gasteiger partial charge in [-0.3, -0.25) is 19.2 Å². The van der Waals surface area contributed by atoms with Crippen LogP contribution in [0.4, 0.5) is 5.69 Å². The van der Waals surface area contributed by atoms with Gasteiger partial charge in [0.1, 0.15) is 17.0 Å². The van der Waals surface area contributed by atoms with E-state index < -0.39 is 5.54 Å². The molecule has 0 unspecified atom stereocenters. The minimum atomic E-state index is -1.12. The van der Waals surface area contributed by atoms with E-state index >= 15 is 0 Å². The van der Waals surface area contributed by atoms with Crippen LogP contribution < -0.4 is 15.0 Å². The van der Waals surface area contributed by atoms with Crippen LogP contribution in [-0.2, 0) is 11.3 Å². The lowest BCUT2D eigenvalue weighted by molar-refractivity contribution is -0.127. The highest BCUT2D eigenvalue weighted by atomic mass is 16.5. The Morgan fingerprint density at radius 1 is 1.11 bits per heavy atom. The first-order chi connectivity index (χ1) is 17.4. The van der Waals surface area contributed by atoms with Gasteiger partial charge in [-0.15, -0.1) is 0 Å². The molecule has 1 aromatic heterocycles. The van der Waals surface area contributed by atoms with Crippen LogP contribution in [0.3, 0.4) is 0 Å². The summed E-state index contributed by atoms with van der Waals surface area (Å²) in [4.78, 5) is 29.6. The minimum absolute atomic E-state index is 0.130. The number of para-hydroxylation sites is 1. The Balaban J connectivity index is 1.53. The molecule has 1 fully saturated rings. The van der Waals surface area contributed by atoms with Crippen molar-refractivity contribution in [1.29, 1.82) is 0 Å². The van der Waals surface area contributed by atoms with Gasteiger partial charge in [-0.25, -0.2) is 0 Å². The molecule has 1 saturated carbocycles. The number of aryl methyl sites for hydroxylation is 1. The van der Waals surface area contributed by atoms with Gasteiger partial charge in [0, 0.05) is 17.3 Å². The molecule has 1 aliphatic heterocycles. The Hall–Kier alpha value is -3.61. The number of anilines is 1. The molecule has 3 aromatic rings. The number of fused-ring (bicyclic) bond motifs is 1. The third-order valence-electron chi connectivity index (χ3n) is 7.40. The molecule has 1 atom stereocenters. The summed E-state index contributed by atoms with van der Waals surface area (Å²) >= 11 is 0. The van der Waals surface area contributed by atoms with Crippen molar-refractivity contribution in [3.05, 3.63) is 65.9 Å². The Labute approximate surface area is 212 Å². The van der Waals surface area contributed by atoms with Crippen LogP contribution in [-0.4, -0.2) is 39.8 Å². The zero-order valence-electron chi connectivity index (χ0n) is 21.3. The largest absolute Gasteiger partial charge is 0.494 e. The van der Waals surface area contributed by atoms with Crippen molar-refractivity contribution in [2.24, 2.45) is 0 Å². The second-order valence-electron chi connectivity index (χ2n) is 10.0. The SMILES string of the molecule is CCOc1ccc(-c2cc3n(n2)C[C@@](C)(C(=O)NC2CCCCC2)N(c2ccccc2C)C3=O)cc1. The Morgan fingerprint density at radius 3 is 2.53 bits per heavy atom. The second-order valence-corrected chi connectivity index (χ2v) is 10.0. The number of nitrogens with zero attached hydrogens (tertiary/aromatic N) is 3. The number of carbonyl (C=O) groups excluding carboxylic acids is 2. The van der Waals surface area contributed by atoms with Crippen molar-refractivity contribution in [2.45, 2.75) is 71.0 Å². The van der Waals surface area contributed by atoms with Crippen LogP contribution in [0.15, 0.2) is 54.6 Å². The molecule has 7 nitrogen and oxygen atoms in total. The number of hydrogen-bond acceptors (Lipinski definition) is 4. The van der Waals surface area contributed by atoms with Gasteiger partial charge in [0.05, 0.1) is 18.8 Å². The summed E-state index contributed by atoms with van der Waals surface area (Å²) in [7, 11) is 0. The maximum absolute atomic E-state index is 14.0. The monoisotopic (exact) mass is 486 g/mol. The molecule has 188 valence electrons. The number of aromatic nitrogens is 2. The highest BCUT2D eigenvalue weighted by Crippen LogP contribution is 2.36. The van der Waals surface area contributed by atoms with Crippen molar-refractivity contribution >= 4 is 17.5 Å². The first-order valence-corrected chi connectivity index (χ1v) is 12.9. The van der Waals surface area contributed by atoms with E-state index in [1.807, 2.05) is 75.4 Å². The number of rotatable bonds is 6. The van der Waals surface area contributed by atoms with Crippen LogP contribution in [0.1, 0.15) is 62.0 Å². The molecule has 0 spiro atoms. The molecular formula is C29H34N4O3. The maximum atomic E-state index is 14.0. The fourth-order valence-corrected chi connectivity index (χ4v) is 5.39. The molecule has 36 heavy (non-hydrogen) atoms. The van der Waals surface area contributed by atoms with Gasteiger partial charge in [-0.1, -0.05) is 37.5 Å². The van der Waals surface area contributed by atoms with Crippen molar-refractivity contribution in [1.82, 2.24) is 15.1 Å². The lowest BCUT2D eigenvalue weighted by atomic mass is 9.90. The minimum Gasteiger partial charge on any atom is -0.494 e. The molecule has 1 aliphatic carbocycles. The first-order valence-electron chi connectivity index (χ1n) is 12.9. The Kier molecular flexibility index (Phi) is 6.56. The van der Waals surface area contributed by atoms with E-state index in [9.17, 15) is 9.59 Å². The number of carbonyl (C=O) groups is 2. The van der Waals surface area contributed by atoms with Gasteiger partial charge in [0.15, 0.2) is 0 Å². The predicted octanol–water partition coefficient (Wildman–Crippen LogP) is 5.13. The Bertz CT molecular complexity index is 1260. The van der Waals surface area contributed by atoms with Gasteiger partial charge in [0.2, 0.25) is 5.91 Å². The third-order valence-corrected chi connectivity index (χ3v) is 7.40. The molecule has 2 amide bonds.